The fourth-order valence-corrected chi connectivity index (χ4v) is 2.56. The van der Waals surface area contributed by atoms with Gasteiger partial charge in [-0.1, -0.05) is 49.2 Å². The van der Waals surface area contributed by atoms with Crippen LogP contribution in [-0.2, 0) is 6.42 Å². The Morgan fingerprint density at radius 2 is 1.88 bits per heavy atom. The Kier molecular flexibility index (Phi) is 5.96. The topological polar surface area (TPSA) is 0 Å². The number of alkyl halides is 1. The van der Waals surface area contributed by atoms with Gasteiger partial charge in [0.25, 0.3) is 0 Å². The maximum atomic E-state index is 6.24. The standard InChI is InChI=1S/C13H17Cl3/c1-9(2)8-11(14)7-6-10-4-3-5-12(15)13(10)16/h3-5,9,11H,6-8H2,1-2H3. The van der Waals surface area contributed by atoms with Crippen molar-refractivity contribution in [3.05, 3.63) is 33.8 Å². The molecule has 1 rings (SSSR count). The minimum atomic E-state index is 0.218. The lowest BCUT2D eigenvalue weighted by Crippen LogP contribution is -2.05. The van der Waals surface area contributed by atoms with Gasteiger partial charge in [-0.15, -0.1) is 11.6 Å². The van der Waals surface area contributed by atoms with E-state index in [1.165, 1.54) is 0 Å². The third-order valence-electron chi connectivity index (χ3n) is 2.49. The molecule has 0 fully saturated rings. The van der Waals surface area contributed by atoms with Gasteiger partial charge in [0, 0.05) is 5.38 Å². The molecule has 0 N–H and O–H groups in total. The summed E-state index contributed by atoms with van der Waals surface area (Å²) in [7, 11) is 0. The van der Waals surface area contributed by atoms with Crippen LogP contribution in [0.4, 0.5) is 0 Å². The molecule has 0 bridgehead atoms. The Labute approximate surface area is 113 Å². The molecule has 0 aliphatic rings. The Hall–Kier alpha value is 0.0900. The van der Waals surface area contributed by atoms with Crippen LogP contribution in [0.3, 0.4) is 0 Å². The van der Waals surface area contributed by atoms with Crippen LogP contribution in [-0.4, -0.2) is 5.38 Å². The van der Waals surface area contributed by atoms with Crippen molar-refractivity contribution in [1.29, 1.82) is 0 Å². The first-order valence-electron chi connectivity index (χ1n) is 5.57. The number of rotatable bonds is 5. The van der Waals surface area contributed by atoms with Gasteiger partial charge in [-0.2, -0.15) is 0 Å². The molecule has 0 radical (unpaired) electrons. The number of benzene rings is 1. The fourth-order valence-electron chi connectivity index (χ4n) is 1.68. The molecule has 90 valence electrons. The monoisotopic (exact) mass is 278 g/mol. The van der Waals surface area contributed by atoms with E-state index >= 15 is 0 Å². The average Bonchev–Trinajstić information content (AvgIpc) is 2.19. The highest BCUT2D eigenvalue weighted by atomic mass is 35.5. The number of aryl methyl sites for hydroxylation is 1. The minimum Gasteiger partial charge on any atom is -0.123 e. The smallest absolute Gasteiger partial charge is 0.0624 e. The van der Waals surface area contributed by atoms with Gasteiger partial charge < -0.3 is 0 Å². The van der Waals surface area contributed by atoms with E-state index in [0.717, 1.165) is 24.8 Å². The summed E-state index contributed by atoms with van der Waals surface area (Å²) in [5.41, 5.74) is 1.09. The van der Waals surface area contributed by atoms with Crippen LogP contribution in [0.15, 0.2) is 18.2 Å². The molecule has 0 aliphatic heterocycles. The van der Waals surface area contributed by atoms with Gasteiger partial charge in [0.1, 0.15) is 0 Å². The Balaban J connectivity index is 2.51. The summed E-state index contributed by atoms with van der Waals surface area (Å²) >= 11 is 18.3. The van der Waals surface area contributed by atoms with E-state index in [9.17, 15) is 0 Å². The van der Waals surface area contributed by atoms with Gasteiger partial charge in [-0.3, -0.25) is 0 Å². The van der Waals surface area contributed by atoms with E-state index in [1.54, 1.807) is 6.07 Å². The second kappa shape index (κ2) is 6.74. The van der Waals surface area contributed by atoms with E-state index in [0.29, 0.717) is 16.0 Å². The van der Waals surface area contributed by atoms with Crippen molar-refractivity contribution in [3.63, 3.8) is 0 Å². The van der Waals surface area contributed by atoms with Crippen LogP contribution in [0.5, 0.6) is 0 Å². The van der Waals surface area contributed by atoms with Crippen molar-refractivity contribution in [2.45, 2.75) is 38.5 Å². The first-order valence-corrected chi connectivity index (χ1v) is 6.77. The van der Waals surface area contributed by atoms with Crippen molar-refractivity contribution < 1.29 is 0 Å². The van der Waals surface area contributed by atoms with Gasteiger partial charge in [0.05, 0.1) is 10.0 Å². The van der Waals surface area contributed by atoms with E-state index in [4.69, 9.17) is 34.8 Å². The highest BCUT2D eigenvalue weighted by Crippen LogP contribution is 2.27. The highest BCUT2D eigenvalue weighted by molar-refractivity contribution is 6.42. The summed E-state index contributed by atoms with van der Waals surface area (Å²) in [4.78, 5) is 0. The molecule has 1 unspecified atom stereocenters. The largest absolute Gasteiger partial charge is 0.123 e. The fraction of sp³-hybridized carbons (Fsp3) is 0.538. The van der Waals surface area contributed by atoms with Crippen molar-refractivity contribution in [2.75, 3.05) is 0 Å². The summed E-state index contributed by atoms with van der Waals surface area (Å²) < 4.78 is 0. The van der Waals surface area contributed by atoms with Crippen LogP contribution >= 0.6 is 34.8 Å². The maximum Gasteiger partial charge on any atom is 0.0624 e. The summed E-state index contributed by atoms with van der Waals surface area (Å²) in [6.45, 7) is 4.36. The van der Waals surface area contributed by atoms with E-state index in [-0.39, 0.29) is 5.38 Å². The van der Waals surface area contributed by atoms with Crippen LogP contribution in [0.1, 0.15) is 32.3 Å². The zero-order chi connectivity index (χ0) is 12.1. The molecule has 1 aromatic carbocycles. The van der Waals surface area contributed by atoms with Crippen molar-refractivity contribution >= 4 is 34.8 Å². The zero-order valence-corrected chi connectivity index (χ0v) is 11.9. The predicted octanol–water partition coefficient (Wildman–Crippen LogP) is 5.58. The lowest BCUT2D eigenvalue weighted by molar-refractivity contribution is 0.544. The summed E-state index contributed by atoms with van der Waals surface area (Å²) in [5.74, 6) is 0.636. The first kappa shape index (κ1) is 14.2. The second-order valence-corrected chi connectivity index (χ2v) is 5.88. The van der Waals surface area contributed by atoms with Gasteiger partial charge in [0.2, 0.25) is 0 Å². The van der Waals surface area contributed by atoms with Crippen LogP contribution in [0.2, 0.25) is 10.0 Å². The molecule has 0 saturated carbocycles. The second-order valence-electron chi connectivity index (χ2n) is 4.48. The van der Waals surface area contributed by atoms with E-state index in [2.05, 4.69) is 13.8 Å². The van der Waals surface area contributed by atoms with Crippen molar-refractivity contribution in [1.82, 2.24) is 0 Å². The summed E-state index contributed by atoms with van der Waals surface area (Å²) in [5, 5.41) is 1.50. The Morgan fingerprint density at radius 3 is 2.50 bits per heavy atom. The quantitative estimate of drug-likeness (QED) is 0.617. The Bertz CT molecular complexity index is 334. The Morgan fingerprint density at radius 1 is 1.19 bits per heavy atom. The molecule has 0 amide bonds. The molecule has 0 aromatic heterocycles. The summed E-state index contributed by atoms with van der Waals surface area (Å²) in [6, 6.07) is 5.74. The lowest BCUT2D eigenvalue weighted by atomic mass is 10.0. The highest BCUT2D eigenvalue weighted by Gasteiger charge is 2.10. The van der Waals surface area contributed by atoms with Crippen LogP contribution < -0.4 is 0 Å². The van der Waals surface area contributed by atoms with Gasteiger partial charge in [0.15, 0.2) is 0 Å². The molecule has 0 nitrogen and oxygen atoms in total. The van der Waals surface area contributed by atoms with E-state index in [1.807, 2.05) is 12.1 Å². The third kappa shape index (κ3) is 4.53. The van der Waals surface area contributed by atoms with Crippen molar-refractivity contribution in [2.24, 2.45) is 5.92 Å². The SMILES string of the molecule is CC(C)CC(Cl)CCc1cccc(Cl)c1Cl. The molecule has 0 saturated heterocycles. The van der Waals surface area contributed by atoms with Gasteiger partial charge in [-0.25, -0.2) is 0 Å². The molecule has 1 aromatic rings. The number of hydrogen-bond donors (Lipinski definition) is 0. The molecule has 0 spiro atoms. The zero-order valence-electron chi connectivity index (χ0n) is 9.64. The number of halogens is 3. The molecule has 0 heterocycles. The van der Waals surface area contributed by atoms with Gasteiger partial charge >= 0.3 is 0 Å². The summed E-state index contributed by atoms with van der Waals surface area (Å²) in [6.07, 6.45) is 2.87. The number of hydrogen-bond acceptors (Lipinski definition) is 0. The first-order chi connectivity index (χ1) is 7.50. The van der Waals surface area contributed by atoms with Crippen LogP contribution in [0, 0.1) is 5.92 Å². The molecular weight excluding hydrogens is 263 g/mol. The average molecular weight is 280 g/mol. The molecular formula is C13H17Cl3. The van der Waals surface area contributed by atoms with Crippen molar-refractivity contribution in [3.8, 4) is 0 Å². The normalized spacial score (nSPS) is 13.1. The molecule has 3 heteroatoms. The minimum absolute atomic E-state index is 0.218. The van der Waals surface area contributed by atoms with Gasteiger partial charge in [-0.05, 0) is 36.8 Å². The predicted molar refractivity (Wildman–Crippen MR) is 73.9 cm³/mol. The molecule has 0 aliphatic carbocycles. The maximum absolute atomic E-state index is 6.24. The lowest BCUT2D eigenvalue weighted by Gasteiger charge is -2.12. The van der Waals surface area contributed by atoms with E-state index < -0.39 is 0 Å². The third-order valence-corrected chi connectivity index (χ3v) is 3.74. The van der Waals surface area contributed by atoms with Crippen LogP contribution in [0.25, 0.3) is 0 Å². The molecule has 1 atom stereocenters. The molecule has 16 heavy (non-hydrogen) atoms.